The number of methoxy groups -OCH3 is 2. The van der Waals surface area contributed by atoms with Crippen molar-refractivity contribution in [2.45, 2.75) is 11.4 Å². The molecule has 146 valence electrons. The molecule has 3 rings (SSSR count). The molecule has 7 nitrogen and oxygen atoms in total. The van der Waals surface area contributed by atoms with E-state index in [2.05, 4.69) is 14.7 Å². The van der Waals surface area contributed by atoms with Gasteiger partial charge in [-0.25, -0.2) is 27.5 Å². The van der Waals surface area contributed by atoms with Crippen molar-refractivity contribution in [1.82, 2.24) is 14.7 Å². The average Bonchev–Trinajstić information content (AvgIpc) is 2.72. The summed E-state index contributed by atoms with van der Waals surface area (Å²) in [5, 5.41) is 0. The van der Waals surface area contributed by atoms with E-state index in [1.165, 1.54) is 19.5 Å². The molecule has 0 aliphatic rings. The van der Waals surface area contributed by atoms with Crippen LogP contribution in [-0.4, -0.2) is 32.6 Å². The van der Waals surface area contributed by atoms with Crippen molar-refractivity contribution >= 4 is 10.0 Å². The van der Waals surface area contributed by atoms with Gasteiger partial charge in [0.25, 0.3) is 0 Å². The lowest BCUT2D eigenvalue weighted by Crippen LogP contribution is -2.24. The number of sulfonamides is 1. The molecule has 0 bridgehead atoms. The number of ether oxygens (including phenoxy) is 2. The van der Waals surface area contributed by atoms with E-state index in [0.717, 1.165) is 23.4 Å². The van der Waals surface area contributed by atoms with Crippen molar-refractivity contribution < 1.29 is 22.3 Å². The Morgan fingerprint density at radius 1 is 1.00 bits per heavy atom. The molecule has 0 aliphatic heterocycles. The first-order chi connectivity index (χ1) is 13.4. The molecule has 0 aliphatic carbocycles. The Bertz CT molecular complexity index is 1070. The second-order valence-corrected chi connectivity index (χ2v) is 7.48. The Balaban J connectivity index is 1.80. The first-order valence-electron chi connectivity index (χ1n) is 8.21. The Morgan fingerprint density at radius 3 is 2.43 bits per heavy atom. The van der Waals surface area contributed by atoms with Crippen molar-refractivity contribution in [3.63, 3.8) is 0 Å². The van der Waals surface area contributed by atoms with Gasteiger partial charge in [-0.15, -0.1) is 0 Å². The monoisotopic (exact) mass is 403 g/mol. The van der Waals surface area contributed by atoms with Crippen LogP contribution in [0, 0.1) is 5.82 Å². The van der Waals surface area contributed by atoms with Crippen LogP contribution in [-0.2, 0) is 16.6 Å². The molecule has 1 N–H and O–H groups in total. The van der Waals surface area contributed by atoms with Gasteiger partial charge < -0.3 is 9.47 Å². The van der Waals surface area contributed by atoms with Crippen molar-refractivity contribution in [3.05, 3.63) is 66.4 Å². The highest BCUT2D eigenvalue weighted by molar-refractivity contribution is 7.89. The molecule has 0 saturated heterocycles. The highest BCUT2D eigenvalue weighted by Gasteiger charge is 2.20. The van der Waals surface area contributed by atoms with Crippen LogP contribution in [0.15, 0.2) is 59.8 Å². The lowest BCUT2D eigenvalue weighted by atomic mass is 10.1. The predicted molar refractivity (Wildman–Crippen MR) is 101 cm³/mol. The summed E-state index contributed by atoms with van der Waals surface area (Å²) in [6.45, 7) is -0.0896. The second kappa shape index (κ2) is 8.32. The number of hydrogen-bond acceptors (Lipinski definition) is 6. The maximum atomic E-state index is 13.5. The van der Waals surface area contributed by atoms with E-state index in [9.17, 15) is 12.8 Å². The van der Waals surface area contributed by atoms with E-state index < -0.39 is 15.8 Å². The minimum Gasteiger partial charge on any atom is -0.497 e. The fourth-order valence-electron chi connectivity index (χ4n) is 2.52. The van der Waals surface area contributed by atoms with Crippen LogP contribution in [0.4, 0.5) is 4.39 Å². The Labute approximate surface area is 162 Å². The largest absolute Gasteiger partial charge is 0.497 e. The highest BCUT2D eigenvalue weighted by Crippen LogP contribution is 2.25. The van der Waals surface area contributed by atoms with E-state index in [0.29, 0.717) is 11.4 Å². The van der Waals surface area contributed by atoms with Crippen LogP contribution in [0.2, 0.25) is 0 Å². The van der Waals surface area contributed by atoms with Crippen molar-refractivity contribution in [3.8, 4) is 22.8 Å². The number of aromatic nitrogens is 2. The topological polar surface area (TPSA) is 90.4 Å². The first kappa shape index (κ1) is 19.7. The van der Waals surface area contributed by atoms with Gasteiger partial charge in [0.15, 0.2) is 0 Å². The van der Waals surface area contributed by atoms with E-state index in [-0.39, 0.29) is 17.2 Å². The minimum atomic E-state index is -4.00. The fourth-order valence-corrected chi connectivity index (χ4v) is 3.70. The van der Waals surface area contributed by atoms with Gasteiger partial charge in [0.2, 0.25) is 10.0 Å². The highest BCUT2D eigenvalue weighted by atomic mass is 32.2. The normalized spacial score (nSPS) is 11.2. The molecule has 1 heterocycles. The summed E-state index contributed by atoms with van der Waals surface area (Å²) in [5.41, 5.74) is 1.93. The molecule has 3 aromatic rings. The van der Waals surface area contributed by atoms with E-state index in [1.54, 1.807) is 25.3 Å². The predicted octanol–water partition coefficient (Wildman–Crippen LogP) is 2.78. The Morgan fingerprint density at radius 2 is 1.75 bits per heavy atom. The zero-order valence-electron chi connectivity index (χ0n) is 15.2. The summed E-state index contributed by atoms with van der Waals surface area (Å²) in [6, 6.07) is 12.3. The molecule has 0 saturated carbocycles. The molecular formula is C19H18FN3O4S. The quantitative estimate of drug-likeness (QED) is 0.652. The molecule has 0 spiro atoms. The maximum Gasteiger partial charge on any atom is 0.244 e. The lowest BCUT2D eigenvalue weighted by molar-refractivity contribution is 0.400. The van der Waals surface area contributed by atoms with Crippen LogP contribution in [0.5, 0.6) is 11.5 Å². The number of nitrogens with zero attached hydrogens (tertiary/aromatic N) is 2. The molecule has 0 fully saturated rings. The minimum absolute atomic E-state index is 0.0514. The summed E-state index contributed by atoms with van der Waals surface area (Å²) in [6.07, 6.45) is 1.35. The first-order valence-corrected chi connectivity index (χ1v) is 9.70. The van der Waals surface area contributed by atoms with Crippen LogP contribution >= 0.6 is 0 Å². The zero-order chi connectivity index (χ0) is 20.1. The summed E-state index contributed by atoms with van der Waals surface area (Å²) < 4.78 is 51.1. The summed E-state index contributed by atoms with van der Waals surface area (Å²) in [4.78, 5) is 8.02. The number of hydrogen-bond donors (Lipinski definition) is 1. The smallest absolute Gasteiger partial charge is 0.244 e. The SMILES string of the molecule is COc1ccc(-c2cc(CNS(=O)(=O)c3cc(F)ccc3OC)ncn2)cc1. The third-order valence-electron chi connectivity index (χ3n) is 3.97. The zero-order valence-corrected chi connectivity index (χ0v) is 16.0. The molecule has 0 radical (unpaired) electrons. The van der Waals surface area contributed by atoms with Crippen LogP contribution in [0.3, 0.4) is 0 Å². The second-order valence-electron chi connectivity index (χ2n) is 5.74. The average molecular weight is 403 g/mol. The number of rotatable bonds is 7. The molecular weight excluding hydrogens is 385 g/mol. The van der Waals surface area contributed by atoms with Crippen LogP contribution < -0.4 is 14.2 Å². The van der Waals surface area contributed by atoms with Crippen LogP contribution in [0.1, 0.15) is 5.69 Å². The van der Waals surface area contributed by atoms with Crippen molar-refractivity contribution in [2.24, 2.45) is 0 Å². The molecule has 1 aromatic heterocycles. The van der Waals surface area contributed by atoms with Gasteiger partial charge in [-0.05, 0) is 48.5 Å². The number of nitrogens with one attached hydrogen (secondary N) is 1. The number of halogens is 1. The van der Waals surface area contributed by atoms with Gasteiger partial charge >= 0.3 is 0 Å². The summed E-state index contributed by atoms with van der Waals surface area (Å²) in [5.74, 6) is 0.0929. The van der Waals surface area contributed by atoms with Crippen molar-refractivity contribution in [2.75, 3.05) is 14.2 Å². The Hall–Kier alpha value is -3.04. The maximum absolute atomic E-state index is 13.5. The van der Waals surface area contributed by atoms with Gasteiger partial charge in [0.1, 0.15) is 28.5 Å². The van der Waals surface area contributed by atoms with E-state index >= 15 is 0 Å². The molecule has 0 atom stereocenters. The third-order valence-corrected chi connectivity index (χ3v) is 5.39. The van der Waals surface area contributed by atoms with Gasteiger partial charge in [-0.3, -0.25) is 0 Å². The summed E-state index contributed by atoms with van der Waals surface area (Å²) in [7, 11) is -1.10. The van der Waals surface area contributed by atoms with Gasteiger partial charge in [0, 0.05) is 5.56 Å². The van der Waals surface area contributed by atoms with Gasteiger partial charge in [-0.2, -0.15) is 0 Å². The standard InChI is InChI=1S/C19H18FN3O4S/c1-26-16-6-3-13(4-7-16)17-10-15(21-12-22-17)11-23-28(24,25)19-9-14(20)5-8-18(19)27-2/h3-10,12,23H,11H2,1-2H3. The third kappa shape index (κ3) is 4.44. The molecule has 9 heteroatoms. The number of benzene rings is 2. The van der Waals surface area contributed by atoms with Crippen molar-refractivity contribution in [1.29, 1.82) is 0 Å². The van der Waals surface area contributed by atoms with Crippen LogP contribution in [0.25, 0.3) is 11.3 Å². The van der Waals surface area contributed by atoms with Gasteiger partial charge in [0.05, 0.1) is 32.2 Å². The molecule has 28 heavy (non-hydrogen) atoms. The Kier molecular flexibility index (Phi) is 5.86. The van der Waals surface area contributed by atoms with E-state index in [4.69, 9.17) is 9.47 Å². The summed E-state index contributed by atoms with van der Waals surface area (Å²) >= 11 is 0. The van der Waals surface area contributed by atoms with Gasteiger partial charge in [-0.1, -0.05) is 0 Å². The van der Waals surface area contributed by atoms with E-state index in [1.807, 2.05) is 12.1 Å². The fraction of sp³-hybridized carbons (Fsp3) is 0.158. The lowest BCUT2D eigenvalue weighted by Gasteiger charge is -2.11. The molecule has 0 unspecified atom stereocenters. The molecule has 2 aromatic carbocycles. The molecule has 0 amide bonds.